The van der Waals surface area contributed by atoms with Crippen LogP contribution in [0.5, 0.6) is 0 Å². The Kier molecular flexibility index (Phi) is 4.18. The fraction of sp³-hybridized carbons (Fsp3) is 0.632. The van der Waals surface area contributed by atoms with Gasteiger partial charge >= 0.3 is 0 Å². The molecule has 5 rings (SSSR count). The monoisotopic (exact) mass is 359 g/mol. The third-order valence-electron chi connectivity index (χ3n) is 6.69. The van der Waals surface area contributed by atoms with Crippen molar-refractivity contribution in [1.82, 2.24) is 5.32 Å². The lowest BCUT2D eigenvalue weighted by Gasteiger charge is -2.59. The summed E-state index contributed by atoms with van der Waals surface area (Å²) >= 11 is 5.50. The zero-order chi connectivity index (χ0) is 17.6. The fourth-order valence-corrected chi connectivity index (χ4v) is 6.19. The van der Waals surface area contributed by atoms with Crippen molar-refractivity contribution in [2.24, 2.45) is 23.2 Å². The average Bonchev–Trinajstić information content (AvgIpc) is 2.54. The highest BCUT2D eigenvalue weighted by molar-refractivity contribution is 7.80. The van der Waals surface area contributed by atoms with Crippen molar-refractivity contribution in [2.45, 2.75) is 51.5 Å². The molecule has 0 amide bonds. The minimum absolute atomic E-state index is 0.0892. The molecule has 4 saturated carbocycles. The van der Waals surface area contributed by atoms with Gasteiger partial charge in [-0.3, -0.25) is 10.1 Å². The van der Waals surface area contributed by atoms with Crippen LogP contribution in [0.4, 0.5) is 11.4 Å². The molecule has 4 aliphatic rings. The van der Waals surface area contributed by atoms with Crippen molar-refractivity contribution in [3.05, 3.63) is 34.4 Å². The molecule has 1 aromatic carbocycles. The average molecular weight is 359 g/mol. The zero-order valence-electron chi connectivity index (χ0n) is 14.5. The third-order valence-corrected chi connectivity index (χ3v) is 6.91. The molecule has 4 bridgehead atoms. The third kappa shape index (κ3) is 3.24. The minimum Gasteiger partial charge on any atom is -0.359 e. The maximum Gasteiger partial charge on any atom is 0.269 e. The molecule has 4 fully saturated rings. The molecule has 0 radical (unpaired) electrons. The number of rotatable bonds is 4. The van der Waals surface area contributed by atoms with E-state index in [1.54, 1.807) is 12.1 Å². The summed E-state index contributed by atoms with van der Waals surface area (Å²) in [4.78, 5) is 10.3. The first-order chi connectivity index (χ1) is 11.9. The Bertz CT molecular complexity index is 653. The van der Waals surface area contributed by atoms with E-state index in [0.29, 0.717) is 16.6 Å². The number of hydrogen-bond acceptors (Lipinski definition) is 3. The molecule has 1 atom stereocenters. The van der Waals surface area contributed by atoms with Crippen molar-refractivity contribution >= 4 is 28.7 Å². The molecule has 2 N–H and O–H groups in total. The van der Waals surface area contributed by atoms with Crippen LogP contribution in [-0.2, 0) is 0 Å². The lowest BCUT2D eigenvalue weighted by molar-refractivity contribution is -0.384. The van der Waals surface area contributed by atoms with Crippen molar-refractivity contribution in [3.8, 4) is 0 Å². The maximum atomic E-state index is 10.7. The van der Waals surface area contributed by atoms with Gasteiger partial charge in [0.25, 0.3) is 5.69 Å². The van der Waals surface area contributed by atoms with Crippen molar-refractivity contribution in [1.29, 1.82) is 0 Å². The van der Waals surface area contributed by atoms with E-state index < -0.39 is 4.92 Å². The highest BCUT2D eigenvalue weighted by Crippen LogP contribution is 2.61. The number of non-ortho nitro benzene ring substituents is 1. The Morgan fingerprint density at radius 2 is 1.68 bits per heavy atom. The summed E-state index contributed by atoms with van der Waals surface area (Å²) in [5.74, 6) is 2.77. The molecule has 0 spiro atoms. The first kappa shape index (κ1) is 16.8. The molecular weight excluding hydrogens is 334 g/mol. The second-order valence-corrected chi connectivity index (χ2v) is 8.81. The Morgan fingerprint density at radius 1 is 1.16 bits per heavy atom. The number of hydrogen-bond donors (Lipinski definition) is 2. The molecule has 25 heavy (non-hydrogen) atoms. The lowest BCUT2D eigenvalue weighted by Crippen LogP contribution is -2.56. The molecule has 0 aromatic heterocycles. The van der Waals surface area contributed by atoms with Crippen LogP contribution in [0, 0.1) is 33.3 Å². The van der Waals surface area contributed by atoms with Gasteiger partial charge < -0.3 is 10.6 Å². The van der Waals surface area contributed by atoms with Gasteiger partial charge in [-0.25, -0.2) is 0 Å². The number of nitro benzene ring substituents is 1. The largest absolute Gasteiger partial charge is 0.359 e. The summed E-state index contributed by atoms with van der Waals surface area (Å²) in [5.41, 5.74) is 1.27. The van der Waals surface area contributed by atoms with Crippen LogP contribution in [0.3, 0.4) is 0 Å². The summed E-state index contributed by atoms with van der Waals surface area (Å²) in [6, 6.07) is 6.74. The van der Waals surface area contributed by atoms with Gasteiger partial charge in [-0.2, -0.15) is 0 Å². The second-order valence-electron chi connectivity index (χ2n) is 8.40. The minimum atomic E-state index is -0.393. The van der Waals surface area contributed by atoms with E-state index in [1.165, 1.54) is 50.7 Å². The molecule has 4 aliphatic carbocycles. The van der Waals surface area contributed by atoms with Crippen molar-refractivity contribution in [3.63, 3.8) is 0 Å². The number of nitrogens with zero attached hydrogens (tertiary/aromatic N) is 1. The lowest BCUT2D eigenvalue weighted by atomic mass is 9.48. The van der Waals surface area contributed by atoms with Crippen LogP contribution in [0.2, 0.25) is 0 Å². The predicted octanol–water partition coefficient (Wildman–Crippen LogP) is 4.49. The Hall–Kier alpha value is -1.69. The fourth-order valence-electron chi connectivity index (χ4n) is 5.89. The molecule has 6 heteroatoms. The number of thiocarbonyl (C=S) groups is 1. The Balaban J connectivity index is 1.38. The normalized spacial score (nSPS) is 33.7. The summed E-state index contributed by atoms with van der Waals surface area (Å²) in [6.07, 6.45) is 8.35. The van der Waals surface area contributed by atoms with E-state index in [4.69, 9.17) is 12.2 Å². The summed E-state index contributed by atoms with van der Waals surface area (Å²) in [6.45, 7) is 2.27. The molecular formula is C19H25N3O2S. The SMILES string of the molecule is C[C@H](NC(=S)Nc1ccc([N+](=O)[O-])cc1)C12CC3CC(CC(C3)C1)C2. The van der Waals surface area contributed by atoms with E-state index in [0.717, 1.165) is 23.4 Å². The van der Waals surface area contributed by atoms with E-state index in [-0.39, 0.29) is 5.69 Å². The topological polar surface area (TPSA) is 67.2 Å². The van der Waals surface area contributed by atoms with E-state index in [1.807, 2.05) is 0 Å². The van der Waals surface area contributed by atoms with Gasteiger partial charge in [0.2, 0.25) is 0 Å². The predicted molar refractivity (Wildman–Crippen MR) is 103 cm³/mol. The van der Waals surface area contributed by atoms with Crippen LogP contribution in [-0.4, -0.2) is 16.1 Å². The van der Waals surface area contributed by atoms with Gasteiger partial charge in [0, 0.05) is 23.9 Å². The number of nitrogens with one attached hydrogen (secondary N) is 2. The van der Waals surface area contributed by atoms with Gasteiger partial charge in [0.1, 0.15) is 0 Å². The zero-order valence-corrected chi connectivity index (χ0v) is 15.3. The summed E-state index contributed by atoms with van der Waals surface area (Å²) in [7, 11) is 0. The molecule has 0 saturated heterocycles. The molecule has 5 nitrogen and oxygen atoms in total. The highest BCUT2D eigenvalue weighted by Gasteiger charge is 2.53. The van der Waals surface area contributed by atoms with Gasteiger partial charge in [-0.1, -0.05) is 0 Å². The van der Waals surface area contributed by atoms with Crippen LogP contribution in [0.25, 0.3) is 0 Å². The quantitative estimate of drug-likeness (QED) is 0.471. The van der Waals surface area contributed by atoms with Gasteiger partial charge in [-0.05, 0) is 93.0 Å². The molecule has 0 heterocycles. The maximum absolute atomic E-state index is 10.7. The van der Waals surface area contributed by atoms with Gasteiger partial charge in [0.15, 0.2) is 5.11 Å². The Morgan fingerprint density at radius 3 is 2.16 bits per heavy atom. The molecule has 0 aliphatic heterocycles. The number of benzene rings is 1. The second kappa shape index (κ2) is 6.24. The van der Waals surface area contributed by atoms with Gasteiger partial charge in [-0.15, -0.1) is 0 Å². The van der Waals surface area contributed by atoms with Crippen LogP contribution in [0.1, 0.15) is 45.4 Å². The first-order valence-corrected chi connectivity index (χ1v) is 9.66. The smallest absolute Gasteiger partial charge is 0.269 e. The Labute approximate surface area is 153 Å². The van der Waals surface area contributed by atoms with Crippen LogP contribution >= 0.6 is 12.2 Å². The van der Waals surface area contributed by atoms with Crippen LogP contribution < -0.4 is 10.6 Å². The molecule has 134 valence electrons. The molecule has 1 aromatic rings. The van der Waals surface area contributed by atoms with Gasteiger partial charge in [0.05, 0.1) is 4.92 Å². The number of nitro groups is 1. The highest BCUT2D eigenvalue weighted by atomic mass is 32.1. The van der Waals surface area contributed by atoms with E-state index >= 15 is 0 Å². The van der Waals surface area contributed by atoms with Crippen molar-refractivity contribution < 1.29 is 4.92 Å². The summed E-state index contributed by atoms with van der Waals surface area (Å²) < 4.78 is 0. The van der Waals surface area contributed by atoms with Crippen LogP contribution in [0.15, 0.2) is 24.3 Å². The van der Waals surface area contributed by atoms with Crippen molar-refractivity contribution in [2.75, 3.05) is 5.32 Å². The number of anilines is 1. The summed E-state index contributed by atoms with van der Waals surface area (Å²) in [5, 5.41) is 18.0. The standard InChI is InChI=1S/C19H25N3O2S/c1-12(19-9-13-6-14(10-19)8-15(7-13)11-19)20-18(25)21-16-2-4-17(5-3-16)22(23)24/h2-5,12-15H,6-11H2,1H3,(H2,20,21,25)/t12-,13?,14?,15?,19?/m0/s1. The molecule has 0 unspecified atom stereocenters. The van der Waals surface area contributed by atoms with E-state index in [2.05, 4.69) is 17.6 Å². The first-order valence-electron chi connectivity index (χ1n) is 9.25. The van der Waals surface area contributed by atoms with E-state index in [9.17, 15) is 10.1 Å².